The van der Waals surface area contributed by atoms with E-state index in [0.717, 1.165) is 31.2 Å². The average Bonchev–Trinajstić information content (AvgIpc) is 2.46. The van der Waals surface area contributed by atoms with Gasteiger partial charge in [-0.2, -0.15) is 5.26 Å². The monoisotopic (exact) mass is 259 g/mol. The molecule has 0 spiro atoms. The van der Waals surface area contributed by atoms with Crippen molar-refractivity contribution < 1.29 is 9.13 Å². The minimum atomic E-state index is -0.214. The summed E-state index contributed by atoms with van der Waals surface area (Å²) < 4.78 is 18.6. The molecule has 0 atom stereocenters. The number of ether oxygens (including phenoxy) is 1. The van der Waals surface area contributed by atoms with Gasteiger partial charge in [0.1, 0.15) is 5.82 Å². The number of hydrogen-bond donors (Lipinski definition) is 0. The van der Waals surface area contributed by atoms with Gasteiger partial charge in [0.2, 0.25) is 0 Å². The zero-order valence-corrected chi connectivity index (χ0v) is 10.9. The summed E-state index contributed by atoms with van der Waals surface area (Å²) in [6, 6.07) is 8.48. The first-order valence-corrected chi connectivity index (χ1v) is 6.70. The maximum atomic E-state index is 12.8. The van der Waals surface area contributed by atoms with Gasteiger partial charge in [0, 0.05) is 6.08 Å². The summed E-state index contributed by atoms with van der Waals surface area (Å²) >= 11 is 0. The molecule has 2 nitrogen and oxygen atoms in total. The van der Waals surface area contributed by atoms with E-state index >= 15 is 0 Å². The van der Waals surface area contributed by atoms with Crippen molar-refractivity contribution in [3.8, 4) is 6.07 Å². The van der Waals surface area contributed by atoms with Crippen molar-refractivity contribution in [3.63, 3.8) is 0 Å². The molecule has 1 aromatic rings. The summed E-state index contributed by atoms with van der Waals surface area (Å²) in [5.41, 5.74) is 1.01. The number of halogens is 1. The first-order valence-electron chi connectivity index (χ1n) is 6.70. The van der Waals surface area contributed by atoms with Gasteiger partial charge in [0.15, 0.2) is 0 Å². The molecule has 1 aliphatic rings. The van der Waals surface area contributed by atoms with Gasteiger partial charge in [-0.05, 0) is 49.3 Å². The van der Waals surface area contributed by atoms with Gasteiger partial charge in [-0.1, -0.05) is 18.2 Å². The smallest absolute Gasteiger partial charge is 0.123 e. The summed E-state index contributed by atoms with van der Waals surface area (Å²) in [5.74, 6) is 0.304. The van der Waals surface area contributed by atoms with E-state index in [1.807, 2.05) is 12.1 Å². The van der Waals surface area contributed by atoms with E-state index in [4.69, 9.17) is 10.00 Å². The van der Waals surface area contributed by atoms with Crippen molar-refractivity contribution in [1.29, 1.82) is 5.26 Å². The van der Waals surface area contributed by atoms with Crippen LogP contribution in [0.5, 0.6) is 0 Å². The number of nitrogens with zero attached hydrogens (tertiary/aromatic N) is 1. The van der Waals surface area contributed by atoms with Crippen LogP contribution < -0.4 is 0 Å². The van der Waals surface area contributed by atoms with Gasteiger partial charge < -0.3 is 4.74 Å². The quantitative estimate of drug-likeness (QED) is 0.766. The summed E-state index contributed by atoms with van der Waals surface area (Å²) in [6.45, 7) is 0.545. The van der Waals surface area contributed by atoms with E-state index in [-0.39, 0.29) is 11.9 Å². The van der Waals surface area contributed by atoms with Crippen LogP contribution in [0.15, 0.2) is 36.4 Å². The minimum Gasteiger partial charge on any atom is -0.374 e. The molecule has 100 valence electrons. The zero-order chi connectivity index (χ0) is 13.5. The van der Waals surface area contributed by atoms with Gasteiger partial charge >= 0.3 is 0 Å². The Kier molecular flexibility index (Phi) is 5.11. The van der Waals surface area contributed by atoms with Crippen LogP contribution in [-0.4, -0.2) is 6.10 Å². The Morgan fingerprint density at radius 1 is 1.21 bits per heavy atom. The lowest BCUT2D eigenvalue weighted by Gasteiger charge is -2.26. The van der Waals surface area contributed by atoms with Crippen LogP contribution in [0.4, 0.5) is 4.39 Å². The highest BCUT2D eigenvalue weighted by Gasteiger charge is 2.19. The van der Waals surface area contributed by atoms with Crippen molar-refractivity contribution >= 4 is 0 Å². The van der Waals surface area contributed by atoms with Gasteiger partial charge in [-0.15, -0.1) is 0 Å². The molecule has 2 rings (SSSR count). The Balaban J connectivity index is 1.73. The Morgan fingerprint density at radius 2 is 1.89 bits per heavy atom. The number of allylic oxidation sites excluding steroid dienone is 2. The highest BCUT2D eigenvalue weighted by atomic mass is 19.1. The van der Waals surface area contributed by atoms with Gasteiger partial charge in [-0.3, -0.25) is 0 Å². The Hall–Kier alpha value is -1.66. The summed E-state index contributed by atoms with van der Waals surface area (Å²) in [7, 11) is 0. The summed E-state index contributed by atoms with van der Waals surface area (Å²) in [4.78, 5) is 0. The van der Waals surface area contributed by atoms with Crippen LogP contribution in [0, 0.1) is 23.1 Å². The van der Waals surface area contributed by atoms with Crippen molar-refractivity contribution in [1.82, 2.24) is 0 Å². The van der Waals surface area contributed by atoms with Crippen molar-refractivity contribution in [2.45, 2.75) is 38.4 Å². The molecule has 0 heterocycles. The first-order chi connectivity index (χ1) is 9.28. The fourth-order valence-electron chi connectivity index (χ4n) is 2.42. The minimum absolute atomic E-state index is 0.214. The Labute approximate surface area is 113 Å². The third-order valence-electron chi connectivity index (χ3n) is 3.56. The lowest BCUT2D eigenvalue weighted by molar-refractivity contribution is 0.0110. The number of hydrogen-bond acceptors (Lipinski definition) is 2. The second kappa shape index (κ2) is 7.06. The number of rotatable bonds is 4. The van der Waals surface area contributed by atoms with Crippen LogP contribution in [0.3, 0.4) is 0 Å². The van der Waals surface area contributed by atoms with Crippen LogP contribution in [0.25, 0.3) is 0 Å². The molecule has 0 unspecified atom stereocenters. The first kappa shape index (κ1) is 13.8. The zero-order valence-electron chi connectivity index (χ0n) is 10.9. The molecule has 1 saturated carbocycles. The van der Waals surface area contributed by atoms with Crippen molar-refractivity contribution in [3.05, 3.63) is 47.8 Å². The fraction of sp³-hybridized carbons (Fsp3) is 0.438. The predicted molar refractivity (Wildman–Crippen MR) is 71.7 cm³/mol. The largest absolute Gasteiger partial charge is 0.374 e. The highest BCUT2D eigenvalue weighted by molar-refractivity contribution is 5.15. The Morgan fingerprint density at radius 3 is 2.53 bits per heavy atom. The van der Waals surface area contributed by atoms with Gasteiger partial charge in [-0.25, -0.2) is 4.39 Å². The molecule has 1 aromatic carbocycles. The van der Waals surface area contributed by atoms with E-state index in [9.17, 15) is 4.39 Å². The van der Waals surface area contributed by atoms with E-state index < -0.39 is 0 Å². The number of benzene rings is 1. The second-order valence-corrected chi connectivity index (χ2v) is 4.96. The molecule has 0 saturated heterocycles. The molecular weight excluding hydrogens is 241 g/mol. The summed E-state index contributed by atoms with van der Waals surface area (Å²) in [5, 5.41) is 8.49. The van der Waals surface area contributed by atoms with E-state index in [0.29, 0.717) is 12.5 Å². The molecule has 19 heavy (non-hydrogen) atoms. The van der Waals surface area contributed by atoms with Crippen LogP contribution in [0.2, 0.25) is 0 Å². The molecule has 0 amide bonds. The van der Waals surface area contributed by atoms with Gasteiger partial charge in [0.05, 0.1) is 18.8 Å². The third kappa shape index (κ3) is 4.50. The SMILES string of the molecule is N#C/C=C/[C@H]1CC[C@H](OCc2ccc(F)cc2)CC1. The lowest BCUT2D eigenvalue weighted by atomic mass is 9.87. The maximum Gasteiger partial charge on any atom is 0.123 e. The van der Waals surface area contributed by atoms with E-state index in [1.165, 1.54) is 12.1 Å². The standard InChI is InChI=1S/C16H18FNO/c17-15-7-3-14(4-8-15)12-19-16-9-5-13(6-10-16)2-1-11-18/h1-4,7-8,13,16H,5-6,9-10,12H2/b2-1+/t13-,16-. The van der Waals surface area contributed by atoms with Crippen LogP contribution >= 0.6 is 0 Å². The van der Waals surface area contributed by atoms with Crippen molar-refractivity contribution in [2.24, 2.45) is 5.92 Å². The molecule has 0 aliphatic heterocycles. The molecular formula is C16H18FNO. The molecule has 0 radical (unpaired) electrons. The maximum absolute atomic E-state index is 12.8. The molecule has 3 heteroatoms. The number of nitriles is 1. The fourth-order valence-corrected chi connectivity index (χ4v) is 2.42. The Bertz CT molecular complexity index is 453. The highest BCUT2D eigenvalue weighted by Crippen LogP contribution is 2.27. The third-order valence-corrected chi connectivity index (χ3v) is 3.56. The van der Waals surface area contributed by atoms with Crippen molar-refractivity contribution in [2.75, 3.05) is 0 Å². The van der Waals surface area contributed by atoms with E-state index in [1.54, 1.807) is 18.2 Å². The second-order valence-electron chi connectivity index (χ2n) is 4.96. The van der Waals surface area contributed by atoms with Gasteiger partial charge in [0.25, 0.3) is 0 Å². The summed E-state index contributed by atoms with van der Waals surface area (Å²) in [6.07, 6.45) is 8.07. The molecule has 1 aliphatic carbocycles. The molecule has 0 aromatic heterocycles. The topological polar surface area (TPSA) is 33.0 Å². The van der Waals surface area contributed by atoms with Crippen LogP contribution in [0.1, 0.15) is 31.2 Å². The molecule has 0 N–H and O–H groups in total. The normalized spacial score (nSPS) is 23.4. The molecule has 0 bridgehead atoms. The van der Waals surface area contributed by atoms with Crippen LogP contribution in [-0.2, 0) is 11.3 Å². The lowest BCUT2D eigenvalue weighted by Crippen LogP contribution is -2.20. The molecule has 1 fully saturated rings. The average molecular weight is 259 g/mol. The predicted octanol–water partition coefficient (Wildman–Crippen LogP) is 3.98. The van der Waals surface area contributed by atoms with E-state index in [2.05, 4.69) is 0 Å².